The number of halogens is 3. The number of nitrogens with zero attached hydrogens (tertiary/aromatic N) is 3. The standard InChI is InChI=1S/C16H22F3N3O3S/c1-12-10-15(16(17,18)19)20-11-14(12)26(23,24)22-6-4-21(5-7-22)13-2-8-25-9-3-13/h10-11,13H,2-9H2,1H3. The van der Waals surface area contributed by atoms with E-state index in [2.05, 4.69) is 9.88 Å². The Morgan fingerprint density at radius 1 is 1.15 bits per heavy atom. The van der Waals surface area contributed by atoms with Gasteiger partial charge in [0.05, 0.1) is 0 Å². The molecule has 1 aromatic rings. The third-order valence-corrected chi connectivity index (χ3v) is 6.98. The van der Waals surface area contributed by atoms with Crippen molar-refractivity contribution < 1.29 is 26.3 Å². The number of rotatable bonds is 3. The molecule has 146 valence electrons. The van der Waals surface area contributed by atoms with E-state index < -0.39 is 21.9 Å². The van der Waals surface area contributed by atoms with Crippen molar-refractivity contribution in [2.45, 2.75) is 36.9 Å². The van der Waals surface area contributed by atoms with Crippen LogP contribution in [0.2, 0.25) is 0 Å². The molecule has 0 radical (unpaired) electrons. The first-order chi connectivity index (χ1) is 12.2. The van der Waals surface area contributed by atoms with Gasteiger partial charge >= 0.3 is 6.18 Å². The number of aromatic nitrogens is 1. The van der Waals surface area contributed by atoms with Gasteiger partial charge in [-0.2, -0.15) is 17.5 Å². The first-order valence-corrected chi connectivity index (χ1v) is 9.99. The molecule has 3 rings (SSSR count). The van der Waals surface area contributed by atoms with E-state index in [1.807, 2.05) is 0 Å². The minimum Gasteiger partial charge on any atom is -0.381 e. The van der Waals surface area contributed by atoms with Gasteiger partial charge in [-0.1, -0.05) is 0 Å². The van der Waals surface area contributed by atoms with Crippen LogP contribution in [0.5, 0.6) is 0 Å². The van der Waals surface area contributed by atoms with Gasteiger partial charge in [0.25, 0.3) is 0 Å². The van der Waals surface area contributed by atoms with Crippen molar-refractivity contribution in [2.75, 3.05) is 39.4 Å². The molecule has 0 unspecified atom stereocenters. The van der Waals surface area contributed by atoms with E-state index in [9.17, 15) is 21.6 Å². The zero-order chi connectivity index (χ0) is 18.9. The number of piperazine rings is 1. The highest BCUT2D eigenvalue weighted by Crippen LogP contribution is 2.30. The predicted molar refractivity (Wildman–Crippen MR) is 88.1 cm³/mol. The first kappa shape index (κ1) is 19.5. The van der Waals surface area contributed by atoms with Gasteiger partial charge in [0.2, 0.25) is 10.0 Å². The zero-order valence-corrected chi connectivity index (χ0v) is 15.3. The molecule has 0 N–H and O–H groups in total. The number of ether oxygens (including phenoxy) is 1. The van der Waals surface area contributed by atoms with Crippen LogP contribution in [0.3, 0.4) is 0 Å². The summed E-state index contributed by atoms with van der Waals surface area (Å²) < 4.78 is 70.5. The molecule has 0 bridgehead atoms. The molecule has 3 heterocycles. The molecule has 0 atom stereocenters. The number of sulfonamides is 1. The smallest absolute Gasteiger partial charge is 0.381 e. The fraction of sp³-hybridized carbons (Fsp3) is 0.688. The van der Waals surface area contributed by atoms with Crippen LogP contribution in [0.25, 0.3) is 0 Å². The van der Waals surface area contributed by atoms with E-state index in [1.165, 1.54) is 11.2 Å². The van der Waals surface area contributed by atoms with Crippen LogP contribution in [-0.2, 0) is 20.9 Å². The molecule has 10 heteroatoms. The van der Waals surface area contributed by atoms with Crippen molar-refractivity contribution in [1.29, 1.82) is 0 Å². The monoisotopic (exact) mass is 393 g/mol. The molecule has 0 aromatic carbocycles. The number of hydrogen-bond donors (Lipinski definition) is 0. The van der Waals surface area contributed by atoms with Gasteiger partial charge in [0.15, 0.2) is 0 Å². The van der Waals surface area contributed by atoms with Crippen LogP contribution < -0.4 is 0 Å². The fourth-order valence-electron chi connectivity index (χ4n) is 3.47. The van der Waals surface area contributed by atoms with E-state index >= 15 is 0 Å². The minimum absolute atomic E-state index is 0.0548. The lowest BCUT2D eigenvalue weighted by atomic mass is 10.1. The maximum atomic E-state index is 12.8. The van der Waals surface area contributed by atoms with Crippen LogP contribution in [0.1, 0.15) is 24.1 Å². The molecule has 2 aliphatic rings. The average Bonchev–Trinajstić information content (AvgIpc) is 2.61. The third-order valence-electron chi connectivity index (χ3n) is 4.95. The number of aryl methyl sites for hydroxylation is 1. The van der Waals surface area contributed by atoms with Gasteiger partial charge < -0.3 is 4.74 Å². The molecule has 2 aliphatic heterocycles. The Kier molecular flexibility index (Phi) is 5.57. The topological polar surface area (TPSA) is 62.7 Å². The molecule has 2 fully saturated rings. The van der Waals surface area contributed by atoms with Crippen LogP contribution >= 0.6 is 0 Å². The van der Waals surface area contributed by atoms with Gasteiger partial charge in [-0.3, -0.25) is 9.88 Å². The summed E-state index contributed by atoms with van der Waals surface area (Å²) in [6.45, 7) is 4.66. The number of alkyl halides is 3. The van der Waals surface area contributed by atoms with Crippen molar-refractivity contribution >= 4 is 10.0 Å². The van der Waals surface area contributed by atoms with Crippen molar-refractivity contribution in [3.8, 4) is 0 Å². The Morgan fingerprint density at radius 3 is 2.31 bits per heavy atom. The van der Waals surface area contributed by atoms with Gasteiger partial charge in [0, 0.05) is 51.6 Å². The Morgan fingerprint density at radius 2 is 1.77 bits per heavy atom. The summed E-state index contributed by atoms with van der Waals surface area (Å²) in [5.41, 5.74) is -1.03. The molecule has 2 saturated heterocycles. The second kappa shape index (κ2) is 7.41. The van der Waals surface area contributed by atoms with E-state index in [4.69, 9.17) is 4.74 Å². The minimum atomic E-state index is -4.59. The molecule has 6 nitrogen and oxygen atoms in total. The highest BCUT2D eigenvalue weighted by Gasteiger charge is 2.36. The van der Waals surface area contributed by atoms with Crippen molar-refractivity contribution in [2.24, 2.45) is 0 Å². The average molecular weight is 393 g/mol. The highest BCUT2D eigenvalue weighted by atomic mass is 32.2. The summed E-state index contributed by atoms with van der Waals surface area (Å²) in [7, 11) is -3.86. The highest BCUT2D eigenvalue weighted by molar-refractivity contribution is 7.89. The van der Waals surface area contributed by atoms with Gasteiger partial charge in [-0.25, -0.2) is 8.42 Å². The van der Waals surface area contributed by atoms with Crippen molar-refractivity contribution in [3.05, 3.63) is 23.5 Å². The van der Waals surface area contributed by atoms with Crippen LogP contribution in [0, 0.1) is 6.92 Å². The molecule has 26 heavy (non-hydrogen) atoms. The largest absolute Gasteiger partial charge is 0.433 e. The maximum absolute atomic E-state index is 12.8. The van der Waals surface area contributed by atoms with E-state index in [0.717, 1.165) is 38.3 Å². The van der Waals surface area contributed by atoms with Gasteiger partial charge in [0.1, 0.15) is 10.6 Å². The maximum Gasteiger partial charge on any atom is 0.433 e. The SMILES string of the molecule is Cc1cc(C(F)(F)F)ncc1S(=O)(=O)N1CCN(C2CCOCC2)CC1. The molecule has 0 spiro atoms. The lowest BCUT2D eigenvalue weighted by Gasteiger charge is -2.40. The quantitative estimate of drug-likeness (QED) is 0.785. The Hall–Kier alpha value is -1.23. The third kappa shape index (κ3) is 4.03. The number of pyridine rings is 1. The summed E-state index contributed by atoms with van der Waals surface area (Å²) in [5, 5.41) is 0. The lowest BCUT2D eigenvalue weighted by molar-refractivity contribution is -0.141. The van der Waals surface area contributed by atoms with Gasteiger partial charge in [-0.05, 0) is 31.4 Å². The zero-order valence-electron chi connectivity index (χ0n) is 14.5. The van der Waals surface area contributed by atoms with Crippen LogP contribution in [0.4, 0.5) is 13.2 Å². The molecule has 0 aliphatic carbocycles. The Bertz CT molecular complexity index is 741. The Labute approximate surface area is 151 Å². The summed E-state index contributed by atoms with van der Waals surface area (Å²) in [6, 6.07) is 1.19. The summed E-state index contributed by atoms with van der Waals surface area (Å²) in [6.07, 6.45) is -1.90. The van der Waals surface area contributed by atoms with E-state index in [-0.39, 0.29) is 10.5 Å². The second-order valence-corrected chi connectivity index (χ2v) is 8.52. The van der Waals surface area contributed by atoms with Crippen molar-refractivity contribution in [3.63, 3.8) is 0 Å². The normalized spacial score (nSPS) is 21.8. The number of hydrogen-bond acceptors (Lipinski definition) is 5. The van der Waals surface area contributed by atoms with E-state index in [1.54, 1.807) is 0 Å². The van der Waals surface area contributed by atoms with E-state index in [0.29, 0.717) is 32.2 Å². The van der Waals surface area contributed by atoms with Crippen LogP contribution in [-0.4, -0.2) is 68.0 Å². The summed E-state index contributed by atoms with van der Waals surface area (Å²) >= 11 is 0. The second-order valence-electron chi connectivity index (χ2n) is 6.62. The molecule has 0 amide bonds. The first-order valence-electron chi connectivity index (χ1n) is 8.55. The van der Waals surface area contributed by atoms with Crippen LogP contribution in [0.15, 0.2) is 17.2 Å². The predicted octanol–water partition coefficient (Wildman–Crippen LogP) is 1.89. The fourth-order valence-corrected chi connectivity index (χ4v) is 5.04. The van der Waals surface area contributed by atoms with Crippen molar-refractivity contribution in [1.82, 2.24) is 14.2 Å². The molecule has 0 saturated carbocycles. The molecular weight excluding hydrogens is 371 g/mol. The lowest BCUT2D eigenvalue weighted by Crippen LogP contribution is -2.53. The molecule has 1 aromatic heterocycles. The Balaban J connectivity index is 1.71. The van der Waals surface area contributed by atoms with Gasteiger partial charge in [-0.15, -0.1) is 0 Å². The summed E-state index contributed by atoms with van der Waals surface area (Å²) in [5.74, 6) is 0. The summed E-state index contributed by atoms with van der Waals surface area (Å²) in [4.78, 5) is 5.41. The molecular formula is C16H22F3N3O3S.